The highest BCUT2D eigenvalue weighted by Gasteiger charge is 2.01. The minimum atomic E-state index is -0.935. The molecule has 0 saturated carbocycles. The zero-order chi connectivity index (χ0) is 24.9. The number of ether oxygens (including phenoxy) is 2. The Bertz CT molecular complexity index is 565. The van der Waals surface area contributed by atoms with Crippen molar-refractivity contribution in [1.82, 2.24) is 4.90 Å². The zero-order valence-electron chi connectivity index (χ0n) is 18.7. The second-order valence-corrected chi connectivity index (χ2v) is 5.96. The number of carbonyl (C=O) groups excluding carboxylic acids is 2. The van der Waals surface area contributed by atoms with Gasteiger partial charge in [-0.1, -0.05) is 19.7 Å². The first-order valence-electron chi connectivity index (χ1n) is 8.59. The molecule has 0 saturated heterocycles. The molecule has 0 aromatic carbocycles. The number of aliphatic hydroxyl groups excluding tert-OH is 1. The zero-order valence-corrected chi connectivity index (χ0v) is 18.7. The average Bonchev–Trinajstić information content (AvgIpc) is 2.59. The summed E-state index contributed by atoms with van der Waals surface area (Å²) in [4.78, 5) is 41.8. The monoisotopic (exact) mass is 433 g/mol. The van der Waals surface area contributed by atoms with Gasteiger partial charge in [-0.2, -0.15) is 0 Å². The first kappa shape index (κ1) is 34.5. The molecule has 0 fully saturated rings. The molecule has 30 heavy (non-hydrogen) atoms. The third-order valence-electron chi connectivity index (χ3n) is 2.16. The van der Waals surface area contributed by atoms with Crippen LogP contribution in [0.4, 0.5) is 0 Å². The van der Waals surface area contributed by atoms with E-state index in [0.717, 1.165) is 13.5 Å². The van der Waals surface area contributed by atoms with E-state index in [1.807, 2.05) is 19.0 Å². The normalized spacial score (nSPS) is 8.53. The fraction of sp³-hybridized carbons (Fsp3) is 0.500. The predicted molar refractivity (Wildman–Crippen MR) is 113 cm³/mol. The Labute approximate surface area is 178 Å². The van der Waals surface area contributed by atoms with Gasteiger partial charge in [0.25, 0.3) is 5.97 Å². The maximum Gasteiger partial charge on any atom is 0.333 e. The van der Waals surface area contributed by atoms with Crippen LogP contribution in [0.3, 0.4) is 0 Å². The Hall–Kier alpha value is -2.98. The summed E-state index contributed by atoms with van der Waals surface area (Å²) in [5.74, 6) is -2.54. The molecule has 174 valence electrons. The molecule has 3 N–H and O–H groups in total. The fourth-order valence-electron chi connectivity index (χ4n) is 0.706. The van der Waals surface area contributed by atoms with Crippen LogP contribution in [-0.4, -0.2) is 84.6 Å². The van der Waals surface area contributed by atoms with Crippen LogP contribution in [0, 0.1) is 0 Å². The van der Waals surface area contributed by atoms with E-state index in [9.17, 15) is 14.4 Å². The summed E-state index contributed by atoms with van der Waals surface area (Å²) in [6.07, 6.45) is 0. The highest BCUT2D eigenvalue weighted by molar-refractivity contribution is 5.87. The maximum absolute atomic E-state index is 10.8. The van der Waals surface area contributed by atoms with E-state index in [2.05, 4.69) is 24.5 Å². The Morgan fingerprint density at radius 3 is 1.27 bits per heavy atom. The number of aliphatic hydroxyl groups is 1. The molecule has 0 amide bonds. The first-order chi connectivity index (χ1) is 13.6. The number of likely N-dealkylation sites (N-methyl/N-ethyl adjacent to an activating group) is 1. The summed E-state index contributed by atoms with van der Waals surface area (Å²) < 4.78 is 9.30. The van der Waals surface area contributed by atoms with Gasteiger partial charge in [-0.25, -0.2) is 14.4 Å². The standard InChI is InChI=1S/C8H15NO2.C6H10O3.C4H6O2.C2H4O2/c1-7(2)8(10)11-6-5-9(3)4;1-5(2)6(8)9-4-3-7;1-3(2)4(5)6;1-2(3)4/h1,5-6H2,2-4H3;7H,1,3-4H2,2H3;1H2,2H3,(H,5,6);1H3,(H,3,4). The van der Waals surface area contributed by atoms with Gasteiger partial charge in [-0.3, -0.25) is 4.79 Å². The molecule has 0 aliphatic rings. The van der Waals surface area contributed by atoms with Crippen molar-refractivity contribution in [2.45, 2.75) is 27.7 Å². The highest BCUT2D eigenvalue weighted by Crippen LogP contribution is 1.91. The molecule has 0 aromatic rings. The minimum Gasteiger partial charge on any atom is -0.481 e. The smallest absolute Gasteiger partial charge is 0.333 e. The number of esters is 2. The van der Waals surface area contributed by atoms with Crippen LogP contribution in [-0.2, 0) is 28.7 Å². The molecule has 0 aliphatic heterocycles. The third-order valence-corrected chi connectivity index (χ3v) is 2.16. The number of hydrogen-bond acceptors (Lipinski definition) is 8. The van der Waals surface area contributed by atoms with E-state index < -0.39 is 17.9 Å². The molecular weight excluding hydrogens is 398 g/mol. The SMILES string of the molecule is C=C(C)C(=O)O.C=C(C)C(=O)OCCN(C)C.C=C(C)C(=O)OCCO.CC(=O)O. The number of nitrogens with zero attached hydrogens (tertiary/aromatic N) is 1. The van der Waals surface area contributed by atoms with Crippen LogP contribution < -0.4 is 0 Å². The Balaban J connectivity index is -0.000000160. The van der Waals surface area contributed by atoms with Gasteiger partial charge in [0.2, 0.25) is 0 Å². The summed E-state index contributed by atoms with van der Waals surface area (Å²) in [5.41, 5.74) is 0.974. The molecule has 0 unspecified atom stereocenters. The van der Waals surface area contributed by atoms with Crippen LogP contribution in [0.5, 0.6) is 0 Å². The van der Waals surface area contributed by atoms with Gasteiger partial charge in [0.05, 0.1) is 6.61 Å². The predicted octanol–water partition coefficient (Wildman–Crippen LogP) is 1.50. The second kappa shape index (κ2) is 22.3. The average molecular weight is 433 g/mol. The number of rotatable bonds is 8. The van der Waals surface area contributed by atoms with Crippen molar-refractivity contribution in [1.29, 1.82) is 0 Å². The van der Waals surface area contributed by atoms with Gasteiger partial charge in [0, 0.05) is 30.2 Å². The summed E-state index contributed by atoms with van der Waals surface area (Å²) in [5, 5.41) is 23.5. The van der Waals surface area contributed by atoms with E-state index in [1.54, 1.807) is 13.8 Å². The number of aliphatic carboxylic acids is 2. The summed E-state index contributed by atoms with van der Waals surface area (Å²) in [7, 11) is 3.85. The van der Waals surface area contributed by atoms with Crippen molar-refractivity contribution in [2.24, 2.45) is 0 Å². The van der Waals surface area contributed by atoms with E-state index in [1.165, 1.54) is 6.92 Å². The lowest BCUT2D eigenvalue weighted by Crippen LogP contribution is -2.20. The van der Waals surface area contributed by atoms with Crippen LogP contribution in [0.25, 0.3) is 0 Å². The summed E-state index contributed by atoms with van der Waals surface area (Å²) in [6, 6.07) is 0. The molecule has 0 rings (SSSR count). The summed E-state index contributed by atoms with van der Waals surface area (Å²) >= 11 is 0. The molecule has 0 atom stereocenters. The van der Waals surface area contributed by atoms with E-state index in [0.29, 0.717) is 17.8 Å². The molecule has 0 bridgehead atoms. The van der Waals surface area contributed by atoms with Crippen molar-refractivity contribution in [3.05, 3.63) is 36.5 Å². The van der Waals surface area contributed by atoms with Gasteiger partial charge in [-0.05, 0) is 34.9 Å². The van der Waals surface area contributed by atoms with Crippen molar-refractivity contribution in [3.8, 4) is 0 Å². The topological polar surface area (TPSA) is 151 Å². The van der Waals surface area contributed by atoms with E-state index in [4.69, 9.17) is 24.9 Å². The maximum atomic E-state index is 10.8. The lowest BCUT2D eigenvalue weighted by atomic mass is 10.4. The van der Waals surface area contributed by atoms with Gasteiger partial charge in [0.1, 0.15) is 13.2 Å². The van der Waals surface area contributed by atoms with Gasteiger partial charge in [0.15, 0.2) is 0 Å². The lowest BCUT2D eigenvalue weighted by Gasteiger charge is -2.09. The quantitative estimate of drug-likeness (QED) is 0.379. The molecule has 0 aromatic heterocycles. The molecule has 10 heteroatoms. The first-order valence-corrected chi connectivity index (χ1v) is 8.59. The van der Waals surface area contributed by atoms with Crippen LogP contribution in [0.2, 0.25) is 0 Å². The Morgan fingerprint density at radius 2 is 1.07 bits per heavy atom. The molecule has 10 nitrogen and oxygen atoms in total. The highest BCUT2D eigenvalue weighted by atomic mass is 16.5. The molecule has 0 spiro atoms. The van der Waals surface area contributed by atoms with Crippen molar-refractivity contribution in [2.75, 3.05) is 40.5 Å². The van der Waals surface area contributed by atoms with Crippen LogP contribution >= 0.6 is 0 Å². The number of carboxylic acids is 2. The van der Waals surface area contributed by atoms with Crippen molar-refractivity contribution in [3.63, 3.8) is 0 Å². The molecular formula is C20H35NO9. The molecule has 0 aliphatic carbocycles. The van der Waals surface area contributed by atoms with Gasteiger partial charge < -0.3 is 29.7 Å². The van der Waals surface area contributed by atoms with Crippen LogP contribution in [0.1, 0.15) is 27.7 Å². The van der Waals surface area contributed by atoms with Gasteiger partial charge >= 0.3 is 17.9 Å². The molecule has 0 radical (unpaired) electrons. The van der Waals surface area contributed by atoms with Crippen molar-refractivity contribution >= 4 is 23.9 Å². The number of hydrogen-bond donors (Lipinski definition) is 3. The fourth-order valence-corrected chi connectivity index (χ4v) is 0.706. The molecule has 0 heterocycles. The summed E-state index contributed by atoms with van der Waals surface area (Å²) in [6.45, 7) is 16.8. The number of carbonyl (C=O) groups is 4. The second-order valence-electron chi connectivity index (χ2n) is 5.96. The number of carboxylic acid groups (broad SMARTS) is 2. The Morgan fingerprint density at radius 1 is 0.767 bits per heavy atom. The Kier molecular flexibility index (Phi) is 25.7. The van der Waals surface area contributed by atoms with Crippen molar-refractivity contribution < 1.29 is 44.0 Å². The lowest BCUT2D eigenvalue weighted by molar-refractivity contribution is -0.140. The van der Waals surface area contributed by atoms with E-state index >= 15 is 0 Å². The van der Waals surface area contributed by atoms with E-state index in [-0.39, 0.29) is 24.8 Å². The van der Waals surface area contributed by atoms with Gasteiger partial charge in [-0.15, -0.1) is 0 Å². The van der Waals surface area contributed by atoms with Crippen LogP contribution in [0.15, 0.2) is 36.5 Å². The minimum absolute atomic E-state index is 0.0473. The third kappa shape index (κ3) is 39.9. The largest absolute Gasteiger partial charge is 0.481 e.